The number of para-hydroxylation sites is 1. The fourth-order valence-corrected chi connectivity index (χ4v) is 4.27. The number of hydrogen-bond donors (Lipinski definition) is 0. The topological polar surface area (TPSA) is 28.6 Å². The number of benzene rings is 1. The lowest BCUT2D eigenvalue weighted by Gasteiger charge is -2.36. The molecule has 1 aromatic heterocycles. The first-order chi connectivity index (χ1) is 11.4. The van der Waals surface area contributed by atoms with Crippen molar-refractivity contribution in [1.29, 1.82) is 0 Å². The van der Waals surface area contributed by atoms with Crippen LogP contribution in [0.1, 0.15) is 12.0 Å². The highest BCUT2D eigenvalue weighted by Crippen LogP contribution is 2.27. The highest BCUT2D eigenvalue weighted by molar-refractivity contribution is 7.13. The molecule has 0 unspecified atom stereocenters. The second-order valence-electron chi connectivity index (χ2n) is 6.42. The minimum atomic E-state index is 0.699. The third-order valence-corrected chi connectivity index (χ3v) is 5.68. The molecule has 0 radical (unpaired) electrons. The average Bonchev–Trinajstić information content (AvgIpc) is 3.04. The maximum atomic E-state index is 5.90. The summed E-state index contributed by atoms with van der Waals surface area (Å²) in [5.41, 5.74) is 1.37. The average molecular weight is 329 g/mol. The Balaban J connectivity index is 1.33. The molecule has 0 spiro atoms. The van der Waals surface area contributed by atoms with Gasteiger partial charge in [-0.1, -0.05) is 18.2 Å². The largest absolute Gasteiger partial charge is 0.493 e. The fraction of sp³-hybridized carbons (Fsp3) is 0.500. The van der Waals surface area contributed by atoms with Crippen LogP contribution in [0.2, 0.25) is 0 Å². The zero-order valence-electron chi connectivity index (χ0n) is 13.4. The number of piperazine rings is 1. The number of rotatable bonds is 3. The smallest absolute Gasteiger partial charge is 0.185 e. The molecule has 1 saturated heterocycles. The quantitative estimate of drug-likeness (QED) is 0.866. The summed E-state index contributed by atoms with van der Waals surface area (Å²) < 4.78 is 5.90. The zero-order valence-corrected chi connectivity index (χ0v) is 14.2. The third-order valence-electron chi connectivity index (χ3n) is 4.84. The number of nitrogens with zero attached hydrogens (tertiary/aromatic N) is 3. The number of fused-ring (bicyclic) bond motifs is 1. The number of hydrogen-bond acceptors (Lipinski definition) is 5. The molecule has 2 aliphatic heterocycles. The molecule has 2 aromatic rings. The monoisotopic (exact) mass is 329 g/mol. The van der Waals surface area contributed by atoms with Gasteiger partial charge in [-0.3, -0.25) is 4.90 Å². The van der Waals surface area contributed by atoms with E-state index in [-0.39, 0.29) is 0 Å². The number of anilines is 1. The van der Waals surface area contributed by atoms with Gasteiger partial charge in [-0.2, -0.15) is 0 Å². The molecule has 0 amide bonds. The van der Waals surface area contributed by atoms with Crippen molar-refractivity contribution in [3.63, 3.8) is 0 Å². The van der Waals surface area contributed by atoms with Crippen molar-refractivity contribution in [2.24, 2.45) is 5.92 Å². The van der Waals surface area contributed by atoms with E-state index < -0.39 is 0 Å². The molecule has 23 heavy (non-hydrogen) atoms. The molecule has 3 heterocycles. The van der Waals surface area contributed by atoms with E-state index in [4.69, 9.17) is 4.74 Å². The third kappa shape index (κ3) is 3.51. The van der Waals surface area contributed by atoms with Crippen LogP contribution in [-0.2, 0) is 6.42 Å². The van der Waals surface area contributed by atoms with Crippen LogP contribution in [0.4, 0.5) is 5.13 Å². The summed E-state index contributed by atoms with van der Waals surface area (Å²) in [6.45, 7) is 6.49. The summed E-state index contributed by atoms with van der Waals surface area (Å²) in [6.07, 6.45) is 4.19. The first-order valence-electron chi connectivity index (χ1n) is 8.46. The van der Waals surface area contributed by atoms with Crippen LogP contribution in [0.25, 0.3) is 0 Å². The standard InChI is InChI=1S/C18H23N3OS/c1-2-4-17-16(3-1)13-15(5-11-22-17)14-20-7-9-21(10-8-20)18-19-6-12-23-18/h1-4,6,12,15H,5,7-11,13-14H2/t15-/m0/s1. The van der Waals surface area contributed by atoms with Crippen molar-refractivity contribution in [2.45, 2.75) is 12.8 Å². The van der Waals surface area contributed by atoms with Gasteiger partial charge in [0, 0.05) is 44.3 Å². The molecule has 122 valence electrons. The predicted molar refractivity (Wildman–Crippen MR) is 94.5 cm³/mol. The molecule has 0 N–H and O–H groups in total. The molecule has 1 aromatic carbocycles. The van der Waals surface area contributed by atoms with E-state index >= 15 is 0 Å². The Kier molecular flexibility index (Phi) is 4.48. The minimum absolute atomic E-state index is 0.699. The van der Waals surface area contributed by atoms with Crippen molar-refractivity contribution in [3.05, 3.63) is 41.4 Å². The van der Waals surface area contributed by atoms with Crippen LogP contribution in [-0.4, -0.2) is 49.2 Å². The van der Waals surface area contributed by atoms with Crippen LogP contribution in [0.5, 0.6) is 5.75 Å². The minimum Gasteiger partial charge on any atom is -0.493 e. The second-order valence-corrected chi connectivity index (χ2v) is 7.29. The summed E-state index contributed by atoms with van der Waals surface area (Å²) in [4.78, 5) is 9.45. The molecule has 5 heteroatoms. The van der Waals surface area contributed by atoms with Gasteiger partial charge in [0.15, 0.2) is 5.13 Å². The van der Waals surface area contributed by atoms with Crippen molar-refractivity contribution in [2.75, 3.05) is 44.2 Å². The normalized spacial score (nSPS) is 22.3. The van der Waals surface area contributed by atoms with Gasteiger partial charge in [-0.25, -0.2) is 4.98 Å². The number of aromatic nitrogens is 1. The van der Waals surface area contributed by atoms with Gasteiger partial charge < -0.3 is 9.64 Å². The van der Waals surface area contributed by atoms with Gasteiger partial charge >= 0.3 is 0 Å². The molecular formula is C18H23N3OS. The van der Waals surface area contributed by atoms with Crippen LogP contribution in [0, 0.1) is 5.92 Å². The Morgan fingerprint density at radius 2 is 2.04 bits per heavy atom. The fourth-order valence-electron chi connectivity index (χ4n) is 3.58. The predicted octanol–water partition coefficient (Wildman–Crippen LogP) is 2.91. The van der Waals surface area contributed by atoms with Gasteiger partial charge in [0.05, 0.1) is 6.61 Å². The van der Waals surface area contributed by atoms with Crippen LogP contribution >= 0.6 is 11.3 Å². The summed E-state index contributed by atoms with van der Waals surface area (Å²) >= 11 is 1.74. The van der Waals surface area contributed by atoms with E-state index in [2.05, 4.69) is 44.4 Å². The molecule has 4 nitrogen and oxygen atoms in total. The molecule has 0 aliphatic carbocycles. The molecule has 1 fully saturated rings. The first kappa shape index (κ1) is 15.0. The first-order valence-corrected chi connectivity index (χ1v) is 9.34. The van der Waals surface area contributed by atoms with Crippen LogP contribution in [0.3, 0.4) is 0 Å². The number of ether oxygens (including phenoxy) is 1. The summed E-state index contributed by atoms with van der Waals surface area (Å²) in [5.74, 6) is 1.79. The van der Waals surface area contributed by atoms with Gasteiger partial charge in [0.2, 0.25) is 0 Å². The van der Waals surface area contributed by atoms with Gasteiger partial charge in [0.25, 0.3) is 0 Å². The number of thiazole rings is 1. The Bertz CT molecular complexity index is 623. The van der Waals surface area contributed by atoms with E-state index in [1.54, 1.807) is 11.3 Å². The van der Waals surface area contributed by atoms with E-state index in [0.717, 1.165) is 51.4 Å². The lowest BCUT2D eigenvalue weighted by molar-refractivity contribution is 0.201. The molecule has 0 saturated carbocycles. The Morgan fingerprint density at radius 3 is 2.87 bits per heavy atom. The van der Waals surface area contributed by atoms with E-state index in [0.29, 0.717) is 5.92 Å². The molecule has 0 bridgehead atoms. The van der Waals surface area contributed by atoms with Crippen molar-refractivity contribution < 1.29 is 4.74 Å². The Hall–Kier alpha value is -1.59. The van der Waals surface area contributed by atoms with Crippen molar-refractivity contribution in [1.82, 2.24) is 9.88 Å². The van der Waals surface area contributed by atoms with Crippen molar-refractivity contribution in [3.8, 4) is 5.75 Å². The Labute approximate surface area is 141 Å². The highest BCUT2D eigenvalue weighted by Gasteiger charge is 2.23. The van der Waals surface area contributed by atoms with E-state index in [1.165, 1.54) is 17.2 Å². The molecule has 2 aliphatic rings. The maximum absolute atomic E-state index is 5.90. The van der Waals surface area contributed by atoms with E-state index in [9.17, 15) is 0 Å². The zero-order chi connectivity index (χ0) is 15.5. The lowest BCUT2D eigenvalue weighted by atomic mass is 9.96. The van der Waals surface area contributed by atoms with Gasteiger partial charge in [0.1, 0.15) is 5.75 Å². The van der Waals surface area contributed by atoms with Gasteiger partial charge in [-0.15, -0.1) is 11.3 Å². The van der Waals surface area contributed by atoms with E-state index in [1.807, 2.05) is 6.20 Å². The highest BCUT2D eigenvalue weighted by atomic mass is 32.1. The SMILES string of the molecule is c1ccc2c(c1)C[C@@H](CN1CCN(c3nccs3)CC1)CCO2. The van der Waals surface area contributed by atoms with Gasteiger partial charge in [-0.05, 0) is 30.4 Å². The lowest BCUT2D eigenvalue weighted by Crippen LogP contribution is -2.48. The summed E-state index contributed by atoms with van der Waals surface area (Å²) in [5, 5.41) is 3.23. The molecular weight excluding hydrogens is 306 g/mol. The van der Waals surface area contributed by atoms with Crippen LogP contribution < -0.4 is 9.64 Å². The van der Waals surface area contributed by atoms with Crippen molar-refractivity contribution >= 4 is 16.5 Å². The maximum Gasteiger partial charge on any atom is 0.185 e. The second kappa shape index (κ2) is 6.89. The summed E-state index contributed by atoms with van der Waals surface area (Å²) in [7, 11) is 0. The van der Waals surface area contributed by atoms with Crippen LogP contribution in [0.15, 0.2) is 35.8 Å². The summed E-state index contributed by atoms with van der Waals surface area (Å²) in [6, 6.07) is 8.51. The Morgan fingerprint density at radius 1 is 1.17 bits per heavy atom. The molecule has 1 atom stereocenters. The molecule has 4 rings (SSSR count).